The second-order valence-electron chi connectivity index (χ2n) is 11.2. The number of thioether (sulfide) groups is 1. The van der Waals surface area contributed by atoms with E-state index in [0.717, 1.165) is 5.56 Å². The highest BCUT2D eigenvalue weighted by Crippen LogP contribution is 2.37. The molecule has 0 fully saturated rings. The highest BCUT2D eigenvalue weighted by molar-refractivity contribution is 8.00. The van der Waals surface area contributed by atoms with Crippen molar-refractivity contribution < 1.29 is 33.4 Å². The zero-order valence-electron chi connectivity index (χ0n) is 28.9. The van der Waals surface area contributed by atoms with E-state index >= 15 is 0 Å². The van der Waals surface area contributed by atoms with E-state index in [1.54, 1.807) is 80.6 Å². The average molecular weight is 736 g/mol. The van der Waals surface area contributed by atoms with E-state index in [9.17, 15) is 19.2 Å². The average Bonchev–Trinajstić information content (AvgIpc) is 3.58. The van der Waals surface area contributed by atoms with Gasteiger partial charge >= 0.3 is 5.97 Å². The Morgan fingerprint density at radius 2 is 1.58 bits per heavy atom. The Morgan fingerprint density at radius 1 is 0.846 bits per heavy atom. The lowest BCUT2D eigenvalue weighted by atomic mass is 10.0. The molecule has 3 N–H and O–H groups in total. The smallest absolute Gasteiger partial charge is 0.341 e. The van der Waals surface area contributed by atoms with Crippen LogP contribution in [0.3, 0.4) is 0 Å². The summed E-state index contributed by atoms with van der Waals surface area (Å²) in [5, 5.41) is 10.2. The maximum absolute atomic E-state index is 13.7. The minimum Gasteiger partial charge on any atom is -0.497 e. The van der Waals surface area contributed by atoms with Crippen LogP contribution in [-0.4, -0.2) is 49.8 Å². The van der Waals surface area contributed by atoms with Crippen LogP contribution in [0, 0.1) is 0 Å². The summed E-state index contributed by atoms with van der Waals surface area (Å²) in [5.74, 6) is -0.871. The van der Waals surface area contributed by atoms with Gasteiger partial charge in [-0.2, -0.15) is 0 Å². The molecule has 266 valence electrons. The molecule has 1 unspecified atom stereocenters. The van der Waals surface area contributed by atoms with Gasteiger partial charge in [-0.05, 0) is 74.0 Å². The number of methoxy groups -OCH3 is 2. The molecule has 10 nitrogen and oxygen atoms in total. The van der Waals surface area contributed by atoms with Gasteiger partial charge in [-0.15, -0.1) is 23.1 Å². The quantitative estimate of drug-likeness (QED) is 0.0592. The first-order valence-corrected chi connectivity index (χ1v) is 18.0. The van der Waals surface area contributed by atoms with Gasteiger partial charge in [0, 0.05) is 32.7 Å². The fourth-order valence-electron chi connectivity index (χ4n) is 5.05. The summed E-state index contributed by atoms with van der Waals surface area (Å²) in [6.07, 6.45) is 1.51. The molecule has 12 heteroatoms. The molecule has 0 aliphatic carbocycles. The second kappa shape index (κ2) is 17.9. The van der Waals surface area contributed by atoms with Gasteiger partial charge in [-0.25, -0.2) is 4.79 Å². The molecular formula is C40H37N3O7S2. The summed E-state index contributed by atoms with van der Waals surface area (Å²) >= 11 is 2.54. The van der Waals surface area contributed by atoms with Crippen molar-refractivity contribution in [3.63, 3.8) is 0 Å². The summed E-state index contributed by atoms with van der Waals surface area (Å²) in [6.45, 7) is 3.68. The Morgan fingerprint density at radius 3 is 2.27 bits per heavy atom. The predicted molar refractivity (Wildman–Crippen MR) is 206 cm³/mol. The van der Waals surface area contributed by atoms with Crippen molar-refractivity contribution in [3.05, 3.63) is 131 Å². The molecule has 0 aliphatic rings. The number of esters is 1. The third-order valence-corrected chi connectivity index (χ3v) is 9.62. The van der Waals surface area contributed by atoms with Gasteiger partial charge in [0.05, 0.1) is 26.1 Å². The Kier molecular flexibility index (Phi) is 12.9. The molecule has 0 aliphatic heterocycles. The minimum absolute atomic E-state index is 0.0329. The summed E-state index contributed by atoms with van der Waals surface area (Å²) in [5.41, 5.74) is 3.12. The van der Waals surface area contributed by atoms with Gasteiger partial charge in [0.15, 0.2) is 0 Å². The van der Waals surface area contributed by atoms with Crippen molar-refractivity contribution in [2.75, 3.05) is 31.5 Å². The second-order valence-corrected chi connectivity index (χ2v) is 13.5. The largest absolute Gasteiger partial charge is 0.497 e. The maximum atomic E-state index is 13.7. The SMILES string of the molecule is CCOC(=O)c1c(-c2ccccc2)csc1NC(=O)C(C)Sc1cccc(NC(=O)/C(=C\c2cc(OC)ccc2OC)NC(=O)c2ccccc2)c1. The summed E-state index contributed by atoms with van der Waals surface area (Å²) < 4.78 is 16.2. The number of benzene rings is 4. The first-order valence-electron chi connectivity index (χ1n) is 16.2. The number of carbonyl (C=O) groups excluding carboxylic acids is 4. The number of hydrogen-bond donors (Lipinski definition) is 3. The third-order valence-electron chi connectivity index (χ3n) is 7.63. The first kappa shape index (κ1) is 37.4. The summed E-state index contributed by atoms with van der Waals surface area (Å²) in [6, 6.07) is 30.1. The lowest BCUT2D eigenvalue weighted by molar-refractivity contribution is -0.115. The van der Waals surface area contributed by atoms with E-state index in [4.69, 9.17) is 14.2 Å². The highest BCUT2D eigenvalue weighted by Gasteiger charge is 2.25. The van der Waals surface area contributed by atoms with E-state index in [0.29, 0.717) is 49.3 Å². The molecule has 1 heterocycles. The van der Waals surface area contributed by atoms with Crippen LogP contribution < -0.4 is 25.4 Å². The number of rotatable bonds is 14. The Bertz CT molecular complexity index is 2080. The number of amides is 3. The molecular weight excluding hydrogens is 699 g/mol. The number of nitrogens with one attached hydrogen (secondary N) is 3. The standard InChI is InChI=1S/C40H37N3O7S2/c1-5-50-40(47)35-32(26-13-8-6-9-14-26)24-51-39(35)43-36(44)25(2)52-31-18-12-17-29(23-31)41-38(46)33(42-37(45)27-15-10-7-11-16-27)22-28-21-30(48-3)19-20-34(28)49-4/h6-25H,5H2,1-4H3,(H,41,46)(H,42,45)(H,43,44)/b33-22+. The van der Waals surface area contributed by atoms with Gasteiger partial charge in [-0.3, -0.25) is 14.4 Å². The molecule has 1 aromatic heterocycles. The van der Waals surface area contributed by atoms with Crippen LogP contribution in [0.5, 0.6) is 11.5 Å². The van der Waals surface area contributed by atoms with Crippen LogP contribution in [0.4, 0.5) is 10.7 Å². The summed E-state index contributed by atoms with van der Waals surface area (Å²) in [4.78, 5) is 54.0. The fraction of sp³-hybridized carbons (Fsp3) is 0.150. The van der Waals surface area contributed by atoms with Gasteiger partial charge in [0.25, 0.3) is 11.8 Å². The van der Waals surface area contributed by atoms with Crippen molar-refractivity contribution in [2.45, 2.75) is 24.0 Å². The number of carbonyl (C=O) groups is 4. The van der Waals surface area contributed by atoms with Crippen LogP contribution in [0.25, 0.3) is 17.2 Å². The predicted octanol–water partition coefficient (Wildman–Crippen LogP) is 8.14. The normalized spacial score (nSPS) is 11.6. The van der Waals surface area contributed by atoms with Crippen LogP contribution in [0.2, 0.25) is 0 Å². The third kappa shape index (κ3) is 9.47. The topological polar surface area (TPSA) is 132 Å². The number of ether oxygens (including phenoxy) is 3. The Labute approximate surface area is 310 Å². The molecule has 5 rings (SSSR count). The molecule has 0 saturated heterocycles. The van der Waals surface area contributed by atoms with Crippen molar-refractivity contribution >= 4 is 63.6 Å². The van der Waals surface area contributed by atoms with Crippen molar-refractivity contribution in [2.24, 2.45) is 0 Å². The van der Waals surface area contributed by atoms with Crippen LogP contribution in [-0.2, 0) is 14.3 Å². The van der Waals surface area contributed by atoms with Crippen LogP contribution >= 0.6 is 23.1 Å². The molecule has 0 saturated carbocycles. The van der Waals surface area contributed by atoms with Crippen molar-refractivity contribution in [1.82, 2.24) is 5.32 Å². The molecule has 0 radical (unpaired) electrons. The van der Waals surface area contributed by atoms with Gasteiger partial charge < -0.3 is 30.2 Å². The van der Waals surface area contributed by atoms with Crippen molar-refractivity contribution in [1.29, 1.82) is 0 Å². The van der Waals surface area contributed by atoms with Crippen molar-refractivity contribution in [3.8, 4) is 22.6 Å². The molecule has 0 bridgehead atoms. The van der Waals surface area contributed by atoms with E-state index < -0.39 is 23.0 Å². The number of anilines is 2. The summed E-state index contributed by atoms with van der Waals surface area (Å²) in [7, 11) is 3.04. The maximum Gasteiger partial charge on any atom is 0.341 e. The molecule has 1 atom stereocenters. The van der Waals surface area contributed by atoms with Crippen LogP contribution in [0.15, 0.2) is 119 Å². The Hall–Kier alpha value is -5.85. The van der Waals surface area contributed by atoms with E-state index in [2.05, 4.69) is 16.0 Å². The fourth-order valence-corrected chi connectivity index (χ4v) is 6.94. The molecule has 4 aromatic carbocycles. The highest BCUT2D eigenvalue weighted by atomic mass is 32.2. The zero-order chi connectivity index (χ0) is 37.0. The lowest BCUT2D eigenvalue weighted by Gasteiger charge is -2.15. The van der Waals surface area contributed by atoms with Gasteiger partial charge in [0.1, 0.15) is 27.8 Å². The molecule has 0 spiro atoms. The minimum atomic E-state index is -0.583. The van der Waals surface area contributed by atoms with Crippen LogP contribution in [0.1, 0.15) is 40.1 Å². The number of hydrogen-bond acceptors (Lipinski definition) is 9. The van der Waals surface area contributed by atoms with Gasteiger partial charge in [0.2, 0.25) is 5.91 Å². The van der Waals surface area contributed by atoms with Gasteiger partial charge in [-0.1, -0.05) is 54.6 Å². The molecule has 3 amide bonds. The Balaban J connectivity index is 1.33. The first-order chi connectivity index (χ1) is 25.2. The number of thiophene rings is 1. The molecule has 52 heavy (non-hydrogen) atoms. The lowest BCUT2D eigenvalue weighted by Crippen LogP contribution is -2.30. The van der Waals surface area contributed by atoms with E-state index in [1.807, 2.05) is 41.8 Å². The van der Waals surface area contributed by atoms with E-state index in [1.165, 1.54) is 43.4 Å². The zero-order valence-corrected chi connectivity index (χ0v) is 30.6. The molecule has 5 aromatic rings. The van der Waals surface area contributed by atoms with E-state index in [-0.39, 0.29) is 18.2 Å². The monoisotopic (exact) mass is 735 g/mol.